The zero-order chi connectivity index (χ0) is 13.1. The predicted octanol–water partition coefficient (Wildman–Crippen LogP) is 1.64. The van der Waals surface area contributed by atoms with Crippen LogP contribution in [0.15, 0.2) is 6.07 Å². The molecule has 0 aliphatic carbocycles. The third-order valence-corrected chi connectivity index (χ3v) is 3.94. The average Bonchev–Trinajstić information content (AvgIpc) is 2.68. The summed E-state index contributed by atoms with van der Waals surface area (Å²) in [5.41, 5.74) is 2.42. The molecule has 2 heterocycles. The SMILES string of the molecule is CCn1nc(C)cc1CNC1CCN(C)CC1C. The van der Waals surface area contributed by atoms with Crippen LogP contribution in [0.4, 0.5) is 0 Å². The van der Waals surface area contributed by atoms with Gasteiger partial charge >= 0.3 is 0 Å². The fourth-order valence-electron chi connectivity index (χ4n) is 2.91. The van der Waals surface area contributed by atoms with Gasteiger partial charge in [-0.15, -0.1) is 0 Å². The van der Waals surface area contributed by atoms with Crippen molar-refractivity contribution in [2.75, 3.05) is 20.1 Å². The number of nitrogens with one attached hydrogen (secondary N) is 1. The number of rotatable bonds is 4. The van der Waals surface area contributed by atoms with Gasteiger partial charge in [-0.3, -0.25) is 4.68 Å². The molecule has 0 saturated carbocycles. The van der Waals surface area contributed by atoms with E-state index in [1.165, 1.54) is 25.2 Å². The standard InChI is InChI=1S/C14H26N4/c1-5-18-13(8-12(3)16-18)9-15-14-6-7-17(4)10-11(14)2/h8,11,14-15H,5-7,9-10H2,1-4H3. The van der Waals surface area contributed by atoms with Crippen molar-refractivity contribution in [1.82, 2.24) is 20.0 Å². The summed E-state index contributed by atoms with van der Waals surface area (Å²) >= 11 is 0. The molecule has 0 bridgehead atoms. The monoisotopic (exact) mass is 250 g/mol. The van der Waals surface area contributed by atoms with Crippen LogP contribution >= 0.6 is 0 Å². The molecule has 1 fully saturated rings. The highest BCUT2D eigenvalue weighted by Gasteiger charge is 2.23. The van der Waals surface area contributed by atoms with E-state index in [1.807, 2.05) is 0 Å². The maximum atomic E-state index is 4.49. The highest BCUT2D eigenvalue weighted by molar-refractivity contribution is 5.09. The first-order valence-corrected chi connectivity index (χ1v) is 7.05. The van der Waals surface area contributed by atoms with Crippen LogP contribution in [0, 0.1) is 12.8 Å². The van der Waals surface area contributed by atoms with Gasteiger partial charge in [0.1, 0.15) is 0 Å². The van der Waals surface area contributed by atoms with E-state index in [0.717, 1.165) is 24.7 Å². The lowest BCUT2D eigenvalue weighted by Gasteiger charge is -2.35. The van der Waals surface area contributed by atoms with Gasteiger partial charge in [0.2, 0.25) is 0 Å². The highest BCUT2D eigenvalue weighted by atomic mass is 15.3. The van der Waals surface area contributed by atoms with Crippen LogP contribution in [0.5, 0.6) is 0 Å². The summed E-state index contributed by atoms with van der Waals surface area (Å²) in [5.74, 6) is 0.725. The third kappa shape index (κ3) is 3.12. The number of piperidine rings is 1. The van der Waals surface area contributed by atoms with Gasteiger partial charge in [0.25, 0.3) is 0 Å². The maximum absolute atomic E-state index is 4.49. The summed E-state index contributed by atoms with van der Waals surface area (Å²) in [6.45, 7) is 10.8. The molecule has 2 atom stereocenters. The van der Waals surface area contributed by atoms with Crippen molar-refractivity contribution in [3.8, 4) is 0 Å². The number of hydrogen-bond acceptors (Lipinski definition) is 3. The molecule has 1 aliphatic rings. The Morgan fingerprint density at radius 2 is 2.28 bits per heavy atom. The molecule has 102 valence electrons. The molecule has 1 aromatic heterocycles. The Morgan fingerprint density at radius 3 is 2.94 bits per heavy atom. The summed E-state index contributed by atoms with van der Waals surface area (Å²) in [7, 11) is 2.21. The zero-order valence-electron chi connectivity index (χ0n) is 12.1. The minimum absolute atomic E-state index is 0.640. The minimum atomic E-state index is 0.640. The van der Waals surface area contributed by atoms with Crippen LogP contribution in [-0.2, 0) is 13.1 Å². The smallest absolute Gasteiger partial charge is 0.0597 e. The van der Waals surface area contributed by atoms with Crippen molar-refractivity contribution in [2.24, 2.45) is 5.92 Å². The van der Waals surface area contributed by atoms with E-state index in [1.54, 1.807) is 0 Å². The Morgan fingerprint density at radius 1 is 1.50 bits per heavy atom. The van der Waals surface area contributed by atoms with Crippen LogP contribution < -0.4 is 5.32 Å². The van der Waals surface area contributed by atoms with E-state index >= 15 is 0 Å². The number of hydrogen-bond donors (Lipinski definition) is 1. The molecule has 1 aliphatic heterocycles. The van der Waals surface area contributed by atoms with Crippen LogP contribution in [0.3, 0.4) is 0 Å². The Kier molecular flexibility index (Phi) is 4.40. The molecule has 2 unspecified atom stereocenters. The van der Waals surface area contributed by atoms with Crippen LogP contribution in [0.1, 0.15) is 31.7 Å². The normalized spacial score (nSPS) is 25.6. The molecular formula is C14H26N4. The maximum Gasteiger partial charge on any atom is 0.0597 e. The van der Waals surface area contributed by atoms with Gasteiger partial charge in [0, 0.05) is 25.7 Å². The molecule has 18 heavy (non-hydrogen) atoms. The predicted molar refractivity (Wildman–Crippen MR) is 74.5 cm³/mol. The number of nitrogens with zero attached hydrogens (tertiary/aromatic N) is 3. The molecule has 4 nitrogen and oxygen atoms in total. The second kappa shape index (κ2) is 5.85. The lowest BCUT2D eigenvalue weighted by molar-refractivity contribution is 0.173. The summed E-state index contributed by atoms with van der Waals surface area (Å²) in [6, 6.07) is 2.83. The van der Waals surface area contributed by atoms with Gasteiger partial charge in [-0.1, -0.05) is 6.92 Å². The first-order chi connectivity index (χ1) is 8.60. The Bertz CT molecular complexity index is 385. The molecule has 1 N–H and O–H groups in total. The van der Waals surface area contributed by atoms with E-state index in [2.05, 4.69) is 53.9 Å². The Labute approximate surface area is 110 Å². The molecule has 0 amide bonds. The fourth-order valence-corrected chi connectivity index (χ4v) is 2.91. The summed E-state index contributed by atoms with van der Waals surface area (Å²) in [6.07, 6.45) is 1.25. The van der Waals surface area contributed by atoms with Crippen molar-refractivity contribution in [3.63, 3.8) is 0 Å². The van der Waals surface area contributed by atoms with Gasteiger partial charge in [-0.05, 0) is 45.8 Å². The lowest BCUT2D eigenvalue weighted by Crippen LogP contribution is -2.46. The van der Waals surface area contributed by atoms with Crippen molar-refractivity contribution in [1.29, 1.82) is 0 Å². The third-order valence-electron chi connectivity index (χ3n) is 3.94. The lowest BCUT2D eigenvalue weighted by atomic mass is 9.94. The molecule has 0 aromatic carbocycles. The molecule has 2 rings (SSSR count). The topological polar surface area (TPSA) is 33.1 Å². The van der Waals surface area contributed by atoms with Crippen LogP contribution in [0.25, 0.3) is 0 Å². The number of likely N-dealkylation sites (tertiary alicyclic amines) is 1. The van der Waals surface area contributed by atoms with E-state index in [0.29, 0.717) is 6.04 Å². The average molecular weight is 250 g/mol. The molecule has 4 heteroatoms. The van der Waals surface area contributed by atoms with Gasteiger partial charge in [0.15, 0.2) is 0 Å². The number of aromatic nitrogens is 2. The summed E-state index contributed by atoms with van der Waals surface area (Å²) in [4.78, 5) is 2.42. The van der Waals surface area contributed by atoms with E-state index < -0.39 is 0 Å². The molecule has 0 spiro atoms. The van der Waals surface area contributed by atoms with Gasteiger partial charge in [-0.25, -0.2) is 0 Å². The number of aryl methyl sites for hydroxylation is 2. The quantitative estimate of drug-likeness (QED) is 0.882. The first kappa shape index (κ1) is 13.6. The second-order valence-corrected chi connectivity index (χ2v) is 5.61. The van der Waals surface area contributed by atoms with Gasteiger partial charge in [-0.2, -0.15) is 5.10 Å². The zero-order valence-corrected chi connectivity index (χ0v) is 12.1. The molecule has 1 aromatic rings. The van der Waals surface area contributed by atoms with Gasteiger partial charge < -0.3 is 10.2 Å². The van der Waals surface area contributed by atoms with E-state index in [4.69, 9.17) is 0 Å². The molecule has 1 saturated heterocycles. The van der Waals surface area contributed by atoms with Crippen molar-refractivity contribution in [2.45, 2.75) is 46.3 Å². The highest BCUT2D eigenvalue weighted by Crippen LogP contribution is 2.16. The first-order valence-electron chi connectivity index (χ1n) is 7.05. The van der Waals surface area contributed by atoms with Crippen molar-refractivity contribution in [3.05, 3.63) is 17.5 Å². The molecule has 0 radical (unpaired) electrons. The van der Waals surface area contributed by atoms with Crippen molar-refractivity contribution >= 4 is 0 Å². The van der Waals surface area contributed by atoms with E-state index in [-0.39, 0.29) is 0 Å². The van der Waals surface area contributed by atoms with Crippen LogP contribution in [0.2, 0.25) is 0 Å². The Balaban J connectivity index is 1.91. The fraction of sp³-hybridized carbons (Fsp3) is 0.786. The van der Waals surface area contributed by atoms with Crippen LogP contribution in [-0.4, -0.2) is 40.9 Å². The second-order valence-electron chi connectivity index (χ2n) is 5.61. The Hall–Kier alpha value is -0.870. The largest absolute Gasteiger partial charge is 0.308 e. The van der Waals surface area contributed by atoms with Gasteiger partial charge in [0.05, 0.1) is 11.4 Å². The van der Waals surface area contributed by atoms with E-state index in [9.17, 15) is 0 Å². The summed E-state index contributed by atoms with van der Waals surface area (Å²) < 4.78 is 2.10. The minimum Gasteiger partial charge on any atom is -0.308 e. The summed E-state index contributed by atoms with van der Waals surface area (Å²) in [5, 5.41) is 8.20. The van der Waals surface area contributed by atoms with Crippen molar-refractivity contribution < 1.29 is 0 Å². The molecular weight excluding hydrogens is 224 g/mol.